The van der Waals surface area contributed by atoms with Crippen LogP contribution in [0.3, 0.4) is 0 Å². The summed E-state index contributed by atoms with van der Waals surface area (Å²) < 4.78 is 11.0. The average molecular weight is 453 g/mol. The second-order valence-corrected chi connectivity index (χ2v) is 10.1. The summed E-state index contributed by atoms with van der Waals surface area (Å²) in [5.74, 6) is 1.18. The van der Waals surface area contributed by atoms with Crippen molar-refractivity contribution in [1.29, 1.82) is 0 Å². The summed E-state index contributed by atoms with van der Waals surface area (Å²) in [6, 6.07) is 9.44. The normalized spacial score (nSPS) is 18.1. The molecule has 0 unspecified atom stereocenters. The van der Waals surface area contributed by atoms with Gasteiger partial charge in [0.2, 0.25) is 5.82 Å². The largest absolute Gasteiger partial charge is 0.491 e. The van der Waals surface area contributed by atoms with Gasteiger partial charge >= 0.3 is 0 Å². The topological polar surface area (TPSA) is 105 Å². The standard InChI is InChI=1S/C25H32N4O4/c1-16(2)32-20-9-7-18(8-10-20)25(31,24(5)14-29(6)15-24)19-11-17(12-26-13-19)21-27-22(33-28-21)23(3,4)30/h7-13,16,30-31H,14-15H2,1-6H3/t25-/m0/s1. The van der Waals surface area contributed by atoms with Gasteiger partial charge in [-0.3, -0.25) is 4.98 Å². The Morgan fingerprint density at radius 3 is 2.30 bits per heavy atom. The minimum absolute atomic E-state index is 0.0668. The van der Waals surface area contributed by atoms with Crippen LogP contribution in [-0.2, 0) is 11.2 Å². The predicted octanol–water partition coefficient (Wildman–Crippen LogP) is 3.33. The molecule has 2 aromatic heterocycles. The van der Waals surface area contributed by atoms with E-state index < -0.39 is 16.6 Å². The maximum atomic E-state index is 12.3. The number of likely N-dealkylation sites (tertiary alicyclic amines) is 1. The van der Waals surface area contributed by atoms with Crippen LogP contribution in [0.2, 0.25) is 0 Å². The maximum Gasteiger partial charge on any atom is 0.258 e. The quantitative estimate of drug-likeness (QED) is 0.562. The average Bonchev–Trinajstić information content (AvgIpc) is 3.23. The molecule has 0 spiro atoms. The molecular weight excluding hydrogens is 420 g/mol. The molecule has 4 rings (SSSR count). The molecule has 0 aliphatic carbocycles. The summed E-state index contributed by atoms with van der Waals surface area (Å²) in [4.78, 5) is 10.9. The number of aliphatic hydroxyl groups is 2. The zero-order valence-electron chi connectivity index (χ0n) is 20.0. The third-order valence-corrected chi connectivity index (χ3v) is 6.12. The Hall–Kier alpha value is -2.81. The van der Waals surface area contributed by atoms with Crippen molar-refractivity contribution in [3.63, 3.8) is 0 Å². The molecule has 1 aliphatic heterocycles. The van der Waals surface area contributed by atoms with Gasteiger partial charge in [0.25, 0.3) is 5.89 Å². The van der Waals surface area contributed by atoms with E-state index in [0.29, 0.717) is 17.0 Å². The van der Waals surface area contributed by atoms with Crippen LogP contribution in [0, 0.1) is 5.41 Å². The third kappa shape index (κ3) is 4.26. The van der Waals surface area contributed by atoms with Crippen LogP contribution in [0.1, 0.15) is 51.6 Å². The van der Waals surface area contributed by atoms with E-state index >= 15 is 0 Å². The van der Waals surface area contributed by atoms with Gasteiger partial charge in [-0.2, -0.15) is 4.98 Å². The summed E-state index contributed by atoms with van der Waals surface area (Å²) in [5, 5.41) is 26.5. The van der Waals surface area contributed by atoms with Gasteiger partial charge < -0.3 is 24.4 Å². The van der Waals surface area contributed by atoms with Crippen molar-refractivity contribution in [2.75, 3.05) is 20.1 Å². The molecule has 1 aliphatic rings. The van der Waals surface area contributed by atoms with Gasteiger partial charge in [-0.15, -0.1) is 0 Å². The number of hydrogen-bond donors (Lipinski definition) is 2. The number of rotatable bonds is 7. The number of ether oxygens (including phenoxy) is 1. The molecule has 1 aromatic carbocycles. The highest BCUT2D eigenvalue weighted by molar-refractivity contribution is 5.56. The molecular formula is C25H32N4O4. The van der Waals surface area contributed by atoms with Gasteiger partial charge in [0.15, 0.2) is 0 Å². The molecule has 33 heavy (non-hydrogen) atoms. The van der Waals surface area contributed by atoms with Crippen LogP contribution in [0.5, 0.6) is 5.75 Å². The van der Waals surface area contributed by atoms with Crippen LogP contribution in [0.25, 0.3) is 11.4 Å². The smallest absolute Gasteiger partial charge is 0.258 e. The molecule has 2 N–H and O–H groups in total. The fraction of sp³-hybridized carbons (Fsp3) is 0.480. The Balaban J connectivity index is 1.77. The SMILES string of the molecule is CC(C)Oc1ccc([C@](O)(c2cncc(-c3noc(C(C)(C)O)n3)c2)C2(C)CN(C)C2)cc1. The van der Waals surface area contributed by atoms with E-state index in [1.807, 2.05) is 51.2 Å². The van der Waals surface area contributed by atoms with Gasteiger partial charge in [-0.25, -0.2) is 0 Å². The van der Waals surface area contributed by atoms with Gasteiger partial charge in [0.1, 0.15) is 17.0 Å². The zero-order chi connectivity index (χ0) is 24.0. The van der Waals surface area contributed by atoms with Crippen LogP contribution < -0.4 is 4.74 Å². The Bertz CT molecular complexity index is 1110. The third-order valence-electron chi connectivity index (χ3n) is 6.12. The summed E-state index contributed by atoms with van der Waals surface area (Å²) in [6.07, 6.45) is 3.37. The molecule has 0 bridgehead atoms. The van der Waals surface area contributed by atoms with Gasteiger partial charge in [-0.05, 0) is 58.5 Å². The Morgan fingerprint density at radius 2 is 1.76 bits per heavy atom. The first kappa shape index (κ1) is 23.4. The van der Waals surface area contributed by atoms with Crippen LogP contribution in [0.15, 0.2) is 47.2 Å². The number of pyridine rings is 1. The number of aromatic nitrogens is 3. The van der Waals surface area contributed by atoms with Gasteiger partial charge in [-0.1, -0.05) is 24.2 Å². The van der Waals surface area contributed by atoms with Gasteiger partial charge in [0, 0.05) is 42.0 Å². The molecule has 1 atom stereocenters. The Morgan fingerprint density at radius 1 is 1.09 bits per heavy atom. The lowest BCUT2D eigenvalue weighted by Gasteiger charge is -2.55. The van der Waals surface area contributed by atoms with Crippen molar-refractivity contribution in [3.8, 4) is 17.1 Å². The fourth-order valence-corrected chi connectivity index (χ4v) is 4.63. The molecule has 8 nitrogen and oxygen atoms in total. The van der Waals surface area contributed by atoms with Crippen molar-refractivity contribution >= 4 is 0 Å². The molecule has 3 heterocycles. The number of hydrogen-bond acceptors (Lipinski definition) is 8. The number of nitrogens with zero attached hydrogens (tertiary/aromatic N) is 4. The summed E-state index contributed by atoms with van der Waals surface area (Å²) in [6.45, 7) is 10.7. The molecule has 0 amide bonds. The Kier molecular flexibility index (Phi) is 5.80. The molecule has 1 saturated heterocycles. The van der Waals surface area contributed by atoms with E-state index in [1.165, 1.54) is 0 Å². The van der Waals surface area contributed by atoms with E-state index in [0.717, 1.165) is 24.4 Å². The van der Waals surface area contributed by atoms with Crippen LogP contribution in [0.4, 0.5) is 0 Å². The van der Waals surface area contributed by atoms with Gasteiger partial charge in [0.05, 0.1) is 6.10 Å². The second-order valence-electron chi connectivity index (χ2n) is 10.1. The highest BCUT2D eigenvalue weighted by Crippen LogP contribution is 2.50. The number of benzene rings is 1. The second kappa shape index (κ2) is 8.20. The van der Waals surface area contributed by atoms with E-state index in [-0.39, 0.29) is 12.0 Å². The first-order valence-corrected chi connectivity index (χ1v) is 11.1. The molecule has 8 heteroatoms. The summed E-state index contributed by atoms with van der Waals surface area (Å²) in [7, 11) is 2.04. The van der Waals surface area contributed by atoms with Crippen molar-refractivity contribution in [2.45, 2.75) is 51.9 Å². The van der Waals surface area contributed by atoms with Crippen LogP contribution in [-0.4, -0.2) is 56.5 Å². The Labute approximate surface area is 194 Å². The molecule has 0 radical (unpaired) electrons. The fourth-order valence-electron chi connectivity index (χ4n) is 4.63. The monoisotopic (exact) mass is 452 g/mol. The van der Waals surface area contributed by atoms with Crippen LogP contribution >= 0.6 is 0 Å². The summed E-state index contributed by atoms with van der Waals surface area (Å²) >= 11 is 0. The predicted molar refractivity (Wildman–Crippen MR) is 124 cm³/mol. The molecule has 3 aromatic rings. The first-order valence-electron chi connectivity index (χ1n) is 11.1. The summed E-state index contributed by atoms with van der Waals surface area (Å²) in [5.41, 5.74) is -0.983. The van der Waals surface area contributed by atoms with Crippen molar-refractivity contribution in [2.24, 2.45) is 5.41 Å². The van der Waals surface area contributed by atoms with Crippen molar-refractivity contribution in [3.05, 3.63) is 59.7 Å². The molecule has 0 saturated carbocycles. The maximum absolute atomic E-state index is 12.3. The van der Waals surface area contributed by atoms with Crippen molar-refractivity contribution in [1.82, 2.24) is 20.0 Å². The molecule has 1 fully saturated rings. The lowest BCUT2D eigenvalue weighted by atomic mass is 9.62. The van der Waals surface area contributed by atoms with Crippen molar-refractivity contribution < 1.29 is 19.5 Å². The minimum atomic E-state index is -1.30. The highest BCUT2D eigenvalue weighted by Gasteiger charge is 2.55. The lowest BCUT2D eigenvalue weighted by Crippen LogP contribution is -2.63. The van der Waals surface area contributed by atoms with E-state index in [9.17, 15) is 10.2 Å². The lowest BCUT2D eigenvalue weighted by molar-refractivity contribution is -0.127. The van der Waals surface area contributed by atoms with E-state index in [4.69, 9.17) is 9.26 Å². The molecule has 176 valence electrons. The first-order chi connectivity index (χ1) is 15.4. The van der Waals surface area contributed by atoms with E-state index in [2.05, 4.69) is 26.9 Å². The zero-order valence-corrected chi connectivity index (χ0v) is 20.0. The minimum Gasteiger partial charge on any atom is -0.491 e. The highest BCUT2D eigenvalue weighted by atomic mass is 16.5. The van der Waals surface area contributed by atoms with E-state index in [1.54, 1.807) is 26.2 Å².